The number of imidazole rings is 1. The molecule has 0 saturated heterocycles. The highest BCUT2D eigenvalue weighted by Crippen LogP contribution is 2.31. The highest BCUT2D eigenvalue weighted by Gasteiger charge is 2.29. The highest BCUT2D eigenvalue weighted by molar-refractivity contribution is 9.10. The molecule has 0 bridgehead atoms. The van der Waals surface area contributed by atoms with Gasteiger partial charge in [0, 0.05) is 37.8 Å². The average molecular weight is 431 g/mol. The summed E-state index contributed by atoms with van der Waals surface area (Å²) in [5.74, 6) is -2.48. The van der Waals surface area contributed by atoms with E-state index in [1.165, 1.54) is 6.20 Å². The maximum atomic E-state index is 13.8. The van der Waals surface area contributed by atoms with Crippen molar-refractivity contribution >= 4 is 24.0 Å². The van der Waals surface area contributed by atoms with Crippen molar-refractivity contribution in [2.45, 2.75) is 52.2 Å². The Labute approximate surface area is 157 Å². The number of aromatic nitrogens is 2. The molecule has 0 unspecified atom stereocenters. The molecular weight excluding hydrogens is 406 g/mol. The fourth-order valence-corrected chi connectivity index (χ4v) is 3.59. The summed E-state index contributed by atoms with van der Waals surface area (Å²) in [6, 6.07) is 6.75. The molecule has 2 rings (SSSR count). The van der Waals surface area contributed by atoms with Crippen molar-refractivity contribution in [3.63, 3.8) is 0 Å². The Balaban J connectivity index is 2.29. The van der Waals surface area contributed by atoms with Crippen LogP contribution < -0.4 is 0 Å². The normalized spacial score (nSPS) is 12.6. The van der Waals surface area contributed by atoms with E-state index in [9.17, 15) is 8.78 Å². The summed E-state index contributed by atoms with van der Waals surface area (Å²) in [6.07, 6.45) is 1.39. The SMILES string of the molecule is Cc1cc(Br)ccc1-c1nc(C(C)(F)F)cn1COCC[Si](C)(C)C. The molecule has 7 heteroatoms. The van der Waals surface area contributed by atoms with E-state index in [1.807, 2.05) is 25.1 Å². The molecule has 138 valence electrons. The van der Waals surface area contributed by atoms with Crippen molar-refractivity contribution in [2.75, 3.05) is 6.61 Å². The molecular formula is C18H25BrF2N2OSi. The van der Waals surface area contributed by atoms with Gasteiger partial charge >= 0.3 is 0 Å². The number of halogens is 3. The van der Waals surface area contributed by atoms with Gasteiger partial charge in [-0.1, -0.05) is 35.6 Å². The number of hydrogen-bond donors (Lipinski definition) is 0. The maximum absolute atomic E-state index is 13.8. The predicted octanol–water partition coefficient (Wildman–Crippen LogP) is 6.05. The van der Waals surface area contributed by atoms with E-state index in [1.54, 1.807) is 4.57 Å². The van der Waals surface area contributed by atoms with E-state index in [0.717, 1.165) is 28.6 Å². The number of hydrogen-bond acceptors (Lipinski definition) is 2. The quantitative estimate of drug-likeness (QED) is 0.395. The Morgan fingerprint density at radius 2 is 1.96 bits per heavy atom. The van der Waals surface area contributed by atoms with Gasteiger partial charge in [-0.3, -0.25) is 0 Å². The molecule has 0 atom stereocenters. The largest absolute Gasteiger partial charge is 0.361 e. The van der Waals surface area contributed by atoms with E-state index in [0.29, 0.717) is 12.4 Å². The summed E-state index contributed by atoms with van der Waals surface area (Å²) in [5.41, 5.74) is 1.56. The zero-order chi connectivity index (χ0) is 18.8. The molecule has 0 amide bonds. The molecule has 1 heterocycles. The van der Waals surface area contributed by atoms with Gasteiger partial charge in [0.05, 0.1) is 0 Å². The number of rotatable bonds is 7. The summed E-state index contributed by atoms with van der Waals surface area (Å²) in [5, 5.41) is 0. The zero-order valence-corrected chi connectivity index (χ0v) is 18.0. The van der Waals surface area contributed by atoms with Crippen molar-refractivity contribution in [1.82, 2.24) is 9.55 Å². The lowest BCUT2D eigenvalue weighted by Crippen LogP contribution is -2.22. The Hall–Kier alpha value is -1.05. The molecule has 0 spiro atoms. The van der Waals surface area contributed by atoms with Crippen LogP contribution in [-0.4, -0.2) is 24.2 Å². The third-order valence-electron chi connectivity index (χ3n) is 3.88. The third kappa shape index (κ3) is 5.72. The van der Waals surface area contributed by atoms with Gasteiger partial charge in [0.1, 0.15) is 18.2 Å². The molecule has 0 N–H and O–H groups in total. The Bertz CT molecular complexity index is 736. The van der Waals surface area contributed by atoms with Crippen molar-refractivity contribution in [1.29, 1.82) is 0 Å². The topological polar surface area (TPSA) is 27.1 Å². The first-order valence-electron chi connectivity index (χ1n) is 8.27. The van der Waals surface area contributed by atoms with Gasteiger partial charge in [0.15, 0.2) is 0 Å². The van der Waals surface area contributed by atoms with E-state index in [-0.39, 0.29) is 12.4 Å². The second kappa shape index (κ2) is 7.68. The predicted molar refractivity (Wildman–Crippen MR) is 104 cm³/mol. The molecule has 3 nitrogen and oxygen atoms in total. The highest BCUT2D eigenvalue weighted by atomic mass is 79.9. The number of ether oxygens (including phenoxy) is 1. The second-order valence-electron chi connectivity index (χ2n) is 7.62. The molecule has 2 aromatic rings. The van der Waals surface area contributed by atoms with Crippen molar-refractivity contribution in [3.8, 4) is 11.4 Å². The van der Waals surface area contributed by atoms with Crippen LogP contribution in [0.5, 0.6) is 0 Å². The van der Waals surface area contributed by atoms with Crippen LogP contribution in [0.2, 0.25) is 25.7 Å². The molecule has 0 fully saturated rings. The van der Waals surface area contributed by atoms with Crippen molar-refractivity contribution < 1.29 is 13.5 Å². The fourth-order valence-electron chi connectivity index (χ4n) is 2.36. The summed E-state index contributed by atoms with van der Waals surface area (Å²) in [7, 11) is -1.19. The third-order valence-corrected chi connectivity index (χ3v) is 6.08. The van der Waals surface area contributed by atoms with Crippen LogP contribution in [0.1, 0.15) is 18.2 Å². The minimum atomic E-state index is -2.98. The minimum Gasteiger partial charge on any atom is -0.361 e. The van der Waals surface area contributed by atoms with E-state index < -0.39 is 14.0 Å². The molecule has 0 radical (unpaired) electrons. The summed E-state index contributed by atoms with van der Waals surface area (Å²) in [6.45, 7) is 10.5. The first kappa shape index (κ1) is 20.3. The van der Waals surface area contributed by atoms with Crippen LogP contribution in [0.4, 0.5) is 8.78 Å². The monoisotopic (exact) mass is 430 g/mol. The second-order valence-corrected chi connectivity index (χ2v) is 14.2. The average Bonchev–Trinajstić information content (AvgIpc) is 2.86. The van der Waals surface area contributed by atoms with Crippen LogP contribution >= 0.6 is 15.9 Å². The smallest absolute Gasteiger partial charge is 0.288 e. The van der Waals surface area contributed by atoms with Gasteiger partial charge in [-0.2, -0.15) is 8.78 Å². The van der Waals surface area contributed by atoms with Crippen molar-refractivity contribution in [2.24, 2.45) is 0 Å². The van der Waals surface area contributed by atoms with Crippen LogP contribution in [0.15, 0.2) is 28.9 Å². The summed E-state index contributed by atoms with van der Waals surface area (Å²) in [4.78, 5) is 4.20. The van der Waals surface area contributed by atoms with Crippen LogP contribution in [0.25, 0.3) is 11.4 Å². The molecule has 1 aromatic heterocycles. The minimum absolute atomic E-state index is 0.221. The zero-order valence-electron chi connectivity index (χ0n) is 15.4. The molecule has 25 heavy (non-hydrogen) atoms. The molecule has 0 aliphatic heterocycles. The standard InChI is InChI=1S/C18H25BrF2N2OSi/c1-13-10-14(19)6-7-15(13)17-22-16(18(2,20)21)11-23(17)12-24-8-9-25(3,4)5/h6-7,10-11H,8-9,12H2,1-5H3. The number of nitrogens with zero attached hydrogens (tertiary/aromatic N) is 2. The van der Waals surface area contributed by atoms with Gasteiger partial charge in [-0.05, 0) is 36.7 Å². The van der Waals surface area contributed by atoms with Gasteiger partial charge < -0.3 is 9.30 Å². The van der Waals surface area contributed by atoms with Gasteiger partial charge in [-0.25, -0.2) is 4.98 Å². The lowest BCUT2D eigenvalue weighted by Gasteiger charge is -2.16. The lowest BCUT2D eigenvalue weighted by atomic mass is 10.1. The summed E-state index contributed by atoms with van der Waals surface area (Å²) < 4.78 is 35.9. The van der Waals surface area contributed by atoms with E-state index >= 15 is 0 Å². The Kier molecular flexibility index (Phi) is 6.22. The van der Waals surface area contributed by atoms with Gasteiger partial charge in [-0.15, -0.1) is 0 Å². The van der Waals surface area contributed by atoms with Gasteiger partial charge in [0.25, 0.3) is 5.92 Å². The first-order valence-corrected chi connectivity index (χ1v) is 12.8. The molecule has 1 aromatic carbocycles. The molecule has 0 aliphatic carbocycles. The molecule has 0 saturated carbocycles. The first-order chi connectivity index (χ1) is 11.5. The van der Waals surface area contributed by atoms with Crippen LogP contribution in [-0.2, 0) is 17.4 Å². The summed E-state index contributed by atoms with van der Waals surface area (Å²) >= 11 is 3.43. The van der Waals surface area contributed by atoms with E-state index in [4.69, 9.17) is 4.74 Å². The van der Waals surface area contributed by atoms with E-state index in [2.05, 4.69) is 40.6 Å². The fraction of sp³-hybridized carbons (Fsp3) is 0.500. The van der Waals surface area contributed by atoms with Gasteiger partial charge in [0.2, 0.25) is 0 Å². The van der Waals surface area contributed by atoms with Crippen molar-refractivity contribution in [3.05, 3.63) is 40.1 Å². The van der Waals surface area contributed by atoms with Crippen LogP contribution in [0, 0.1) is 6.92 Å². The maximum Gasteiger partial charge on any atom is 0.288 e. The molecule has 0 aliphatic rings. The Morgan fingerprint density at radius 3 is 2.52 bits per heavy atom. The lowest BCUT2D eigenvalue weighted by molar-refractivity contribution is 0.0128. The number of benzene rings is 1. The number of alkyl halides is 2. The van der Waals surface area contributed by atoms with Crippen LogP contribution in [0.3, 0.4) is 0 Å². The Morgan fingerprint density at radius 1 is 1.28 bits per heavy atom. The number of aryl methyl sites for hydroxylation is 1.